The van der Waals surface area contributed by atoms with Crippen molar-refractivity contribution in [3.63, 3.8) is 0 Å². The summed E-state index contributed by atoms with van der Waals surface area (Å²) >= 11 is 0. The zero-order chi connectivity index (χ0) is 22.2. The summed E-state index contributed by atoms with van der Waals surface area (Å²) in [4.78, 5) is 21.3. The van der Waals surface area contributed by atoms with Crippen molar-refractivity contribution in [3.05, 3.63) is 30.6 Å². The summed E-state index contributed by atoms with van der Waals surface area (Å²) in [5, 5.41) is 2.89. The van der Waals surface area contributed by atoms with Crippen LogP contribution in [0.1, 0.15) is 38.6 Å². The van der Waals surface area contributed by atoms with Crippen LogP contribution < -0.4 is 19.5 Å². The highest BCUT2D eigenvalue weighted by atomic mass is 16.5. The van der Waals surface area contributed by atoms with Gasteiger partial charge in [0.25, 0.3) is 0 Å². The number of hydrogen-bond donors (Lipinski definition) is 1. The molecule has 0 radical (unpaired) electrons. The van der Waals surface area contributed by atoms with E-state index >= 15 is 0 Å². The first-order valence-corrected chi connectivity index (χ1v) is 11.1. The van der Waals surface area contributed by atoms with Gasteiger partial charge in [-0.05, 0) is 50.5 Å². The number of hydrogen-bond acceptors (Lipinski definition) is 6. The minimum Gasteiger partial charge on any atom is -0.493 e. The third kappa shape index (κ3) is 3.63. The van der Waals surface area contributed by atoms with E-state index in [2.05, 4.69) is 14.9 Å². The predicted molar refractivity (Wildman–Crippen MR) is 120 cm³/mol. The first-order valence-electron chi connectivity index (χ1n) is 11.1. The molecular weight excluding hydrogens is 408 g/mol. The molecule has 1 N–H and O–H groups in total. The lowest BCUT2D eigenvalue weighted by Gasteiger charge is -2.28. The van der Waals surface area contributed by atoms with E-state index in [1.54, 1.807) is 14.2 Å². The molecule has 1 saturated heterocycles. The Morgan fingerprint density at radius 1 is 1.16 bits per heavy atom. The maximum absolute atomic E-state index is 11.7. The number of carbonyl (C=O) groups excluding carboxylic acids is 1. The molecule has 1 aliphatic carbocycles. The van der Waals surface area contributed by atoms with Gasteiger partial charge in [0.15, 0.2) is 11.5 Å². The van der Waals surface area contributed by atoms with Crippen LogP contribution in [0.25, 0.3) is 22.3 Å². The van der Waals surface area contributed by atoms with Crippen molar-refractivity contribution in [3.8, 4) is 28.6 Å². The minimum atomic E-state index is -0.157. The van der Waals surface area contributed by atoms with E-state index in [4.69, 9.17) is 19.2 Å². The normalized spacial score (nSPS) is 19.5. The predicted octanol–water partition coefficient (Wildman–Crippen LogP) is 3.74. The summed E-state index contributed by atoms with van der Waals surface area (Å²) < 4.78 is 19.5. The molecule has 1 unspecified atom stereocenters. The number of nitrogens with zero attached hydrogens (tertiary/aromatic N) is 3. The molecule has 2 fully saturated rings. The van der Waals surface area contributed by atoms with Gasteiger partial charge in [0.1, 0.15) is 11.6 Å². The van der Waals surface area contributed by atoms with Crippen LogP contribution in [0.4, 0.5) is 0 Å². The highest BCUT2D eigenvalue weighted by Gasteiger charge is 2.30. The van der Waals surface area contributed by atoms with Crippen LogP contribution in [0, 0.1) is 5.92 Å². The first-order chi connectivity index (χ1) is 15.6. The third-order valence-corrected chi connectivity index (χ3v) is 6.64. The zero-order valence-corrected chi connectivity index (χ0v) is 18.6. The van der Waals surface area contributed by atoms with Gasteiger partial charge in [-0.1, -0.05) is 0 Å². The number of nitrogens with one attached hydrogen (secondary N) is 1. The fourth-order valence-corrected chi connectivity index (χ4v) is 4.42. The minimum absolute atomic E-state index is 0.0714. The second-order valence-electron chi connectivity index (χ2n) is 8.58. The molecule has 1 amide bonds. The van der Waals surface area contributed by atoms with E-state index in [-0.39, 0.29) is 17.9 Å². The first kappa shape index (κ1) is 20.6. The molecule has 1 saturated carbocycles. The maximum atomic E-state index is 11.7. The quantitative estimate of drug-likeness (QED) is 0.607. The van der Waals surface area contributed by atoms with Crippen LogP contribution in [-0.2, 0) is 4.79 Å². The van der Waals surface area contributed by atoms with Gasteiger partial charge >= 0.3 is 0 Å². The number of methoxy groups -OCH3 is 2. The van der Waals surface area contributed by atoms with E-state index in [0.717, 1.165) is 35.1 Å². The van der Waals surface area contributed by atoms with Crippen LogP contribution >= 0.6 is 0 Å². The Hall–Kier alpha value is -3.29. The number of ether oxygens (including phenoxy) is 3. The fourth-order valence-electron chi connectivity index (χ4n) is 4.42. The zero-order valence-electron chi connectivity index (χ0n) is 18.6. The van der Waals surface area contributed by atoms with Gasteiger partial charge < -0.3 is 24.1 Å². The lowest BCUT2D eigenvalue weighted by Crippen LogP contribution is -2.26. The highest BCUT2D eigenvalue weighted by Crippen LogP contribution is 2.39. The number of pyridine rings is 1. The van der Waals surface area contributed by atoms with Crippen molar-refractivity contribution in [1.82, 2.24) is 19.9 Å². The number of fused-ring (bicyclic) bond motifs is 1. The molecule has 3 aromatic rings. The Balaban J connectivity index is 1.57. The largest absolute Gasteiger partial charge is 0.493 e. The number of imidazole rings is 1. The molecule has 8 heteroatoms. The van der Waals surface area contributed by atoms with Crippen molar-refractivity contribution in [1.29, 1.82) is 0 Å². The molecule has 32 heavy (non-hydrogen) atoms. The van der Waals surface area contributed by atoms with E-state index < -0.39 is 0 Å². The van der Waals surface area contributed by atoms with Gasteiger partial charge in [-0.2, -0.15) is 0 Å². The Morgan fingerprint density at radius 3 is 2.62 bits per heavy atom. The average Bonchev–Trinajstić information content (AvgIpc) is 3.38. The molecule has 2 aromatic heterocycles. The Kier molecular flexibility index (Phi) is 5.36. The molecule has 0 spiro atoms. The third-order valence-electron chi connectivity index (χ3n) is 6.64. The van der Waals surface area contributed by atoms with Gasteiger partial charge in [-0.15, -0.1) is 0 Å². The molecule has 5 rings (SSSR count). The Labute approximate surface area is 186 Å². The fraction of sp³-hybridized carbons (Fsp3) is 0.458. The summed E-state index contributed by atoms with van der Waals surface area (Å²) in [6, 6.07) is 8.14. The summed E-state index contributed by atoms with van der Waals surface area (Å²) in [6.07, 6.45) is 5.71. The second kappa shape index (κ2) is 8.33. The van der Waals surface area contributed by atoms with Gasteiger partial charge in [0.2, 0.25) is 11.8 Å². The van der Waals surface area contributed by atoms with Crippen LogP contribution in [0.2, 0.25) is 0 Å². The van der Waals surface area contributed by atoms with Crippen molar-refractivity contribution in [2.45, 2.75) is 44.8 Å². The Bertz CT molecular complexity index is 1150. The lowest BCUT2D eigenvalue weighted by atomic mass is 9.93. The van der Waals surface area contributed by atoms with Crippen molar-refractivity contribution >= 4 is 16.9 Å². The van der Waals surface area contributed by atoms with Crippen LogP contribution in [0.15, 0.2) is 30.6 Å². The summed E-state index contributed by atoms with van der Waals surface area (Å²) in [7, 11) is 3.23. The second-order valence-corrected chi connectivity index (χ2v) is 8.58. The monoisotopic (exact) mass is 436 g/mol. The van der Waals surface area contributed by atoms with Crippen LogP contribution in [0.3, 0.4) is 0 Å². The van der Waals surface area contributed by atoms with Crippen molar-refractivity contribution in [2.24, 2.45) is 5.92 Å². The molecule has 0 bridgehead atoms. The molecule has 2 aliphatic rings. The summed E-state index contributed by atoms with van der Waals surface area (Å²) in [6.45, 7) is 2.63. The number of rotatable bonds is 7. The van der Waals surface area contributed by atoms with E-state index in [1.807, 2.05) is 37.5 Å². The topological polar surface area (TPSA) is 87.5 Å². The standard InChI is InChI=1S/C24H28N4O4/c1-14(16-10-22(29)25-12-16)32-24-23-19(26-13-28(23)17-5-4-6-17)11-18(27-24)15-7-8-20(30-2)21(9-15)31-3/h7-9,11,13-14,16-17H,4-6,10,12H2,1-3H3,(H,25,29)/t14-,16?/m1/s1. The van der Waals surface area contributed by atoms with E-state index in [0.29, 0.717) is 36.4 Å². The number of aromatic nitrogens is 3. The van der Waals surface area contributed by atoms with Crippen molar-refractivity contribution < 1.29 is 19.0 Å². The highest BCUT2D eigenvalue weighted by molar-refractivity contribution is 5.85. The molecule has 1 aromatic carbocycles. The molecule has 1 aliphatic heterocycles. The smallest absolute Gasteiger partial charge is 0.241 e. The molecule has 8 nitrogen and oxygen atoms in total. The van der Waals surface area contributed by atoms with Crippen molar-refractivity contribution in [2.75, 3.05) is 20.8 Å². The summed E-state index contributed by atoms with van der Waals surface area (Å²) in [5.41, 5.74) is 3.40. The number of benzene rings is 1. The van der Waals surface area contributed by atoms with Gasteiger partial charge in [-0.25, -0.2) is 9.97 Å². The lowest BCUT2D eigenvalue weighted by molar-refractivity contribution is -0.119. The molecule has 168 valence electrons. The number of amides is 1. The average molecular weight is 437 g/mol. The Morgan fingerprint density at radius 2 is 1.97 bits per heavy atom. The van der Waals surface area contributed by atoms with Crippen LogP contribution in [-0.4, -0.2) is 47.3 Å². The SMILES string of the molecule is COc1ccc(-c2cc3ncn(C4CCC4)c3c(O[C@H](C)C3CNC(=O)C3)n2)cc1OC. The van der Waals surface area contributed by atoms with Gasteiger partial charge in [0, 0.05) is 30.5 Å². The number of carbonyl (C=O) groups is 1. The summed E-state index contributed by atoms with van der Waals surface area (Å²) in [5.74, 6) is 2.04. The van der Waals surface area contributed by atoms with Crippen LogP contribution in [0.5, 0.6) is 17.4 Å². The molecule has 3 heterocycles. The van der Waals surface area contributed by atoms with E-state index in [9.17, 15) is 4.79 Å². The van der Waals surface area contributed by atoms with Gasteiger partial charge in [-0.3, -0.25) is 4.79 Å². The molecular formula is C24H28N4O4. The van der Waals surface area contributed by atoms with Gasteiger partial charge in [0.05, 0.1) is 31.8 Å². The molecule has 2 atom stereocenters. The van der Waals surface area contributed by atoms with E-state index in [1.165, 1.54) is 6.42 Å². The maximum Gasteiger partial charge on any atom is 0.241 e.